The minimum Gasteiger partial charge on any atom is -0.507 e. The Morgan fingerprint density at radius 1 is 0.331 bits per heavy atom. The molecule has 2 aliphatic rings. The van der Waals surface area contributed by atoms with Gasteiger partial charge in [0.2, 0.25) is 0 Å². The molecule has 13 heteroatoms. The van der Waals surface area contributed by atoms with Crippen LogP contribution in [-0.2, 0) is 61.5 Å². The third kappa shape index (κ3) is 25.0. The quantitative estimate of drug-likeness (QED) is 0.0413. The summed E-state index contributed by atoms with van der Waals surface area (Å²) in [6.07, 6.45) is 10.2. The number of hydrogen-bond donors (Lipinski definition) is 8. The Morgan fingerprint density at radius 2 is 0.647 bits per heavy atom. The van der Waals surface area contributed by atoms with Crippen molar-refractivity contribution < 1.29 is 63.2 Å². The molecule has 8 N–H and O–H groups in total. The number of aromatic hydroxyl groups is 7. The van der Waals surface area contributed by atoms with Crippen molar-refractivity contribution in [2.75, 3.05) is 7.11 Å². The number of aryl methyl sites for hydroxylation is 22. The van der Waals surface area contributed by atoms with Crippen LogP contribution in [0.1, 0.15) is 199 Å². The molecule has 2 unspecified atom stereocenters. The monoisotopic (exact) mass is 1790 g/mol. The highest BCUT2D eigenvalue weighted by molar-refractivity contribution is 5.75. The van der Waals surface area contributed by atoms with E-state index in [1.165, 1.54) is 90.0 Å². The summed E-state index contributed by atoms with van der Waals surface area (Å²) >= 11 is 0. The van der Waals surface area contributed by atoms with Gasteiger partial charge in [0.1, 0.15) is 46.1 Å². The lowest BCUT2D eigenvalue weighted by molar-refractivity contribution is -0.138. The van der Waals surface area contributed by atoms with Crippen molar-refractivity contribution in [3.8, 4) is 130 Å². The van der Waals surface area contributed by atoms with E-state index in [0.717, 1.165) is 151 Å². The van der Waals surface area contributed by atoms with Crippen molar-refractivity contribution in [1.29, 1.82) is 0 Å². The molecule has 0 aromatic heterocycles. The van der Waals surface area contributed by atoms with Gasteiger partial charge in [-0.3, -0.25) is 0 Å². The fourth-order valence-electron chi connectivity index (χ4n) is 17.6. The van der Waals surface area contributed by atoms with E-state index in [1.54, 1.807) is 52.1 Å². The van der Waals surface area contributed by atoms with Gasteiger partial charge >= 0.3 is 6.18 Å². The van der Waals surface area contributed by atoms with E-state index >= 15 is 0 Å². The molecule has 133 heavy (non-hydrogen) atoms. The molecule has 0 radical (unpaired) electrons. The molecule has 0 bridgehead atoms. The molecule has 14 aromatic rings. The number of phenols is 7. The van der Waals surface area contributed by atoms with Crippen LogP contribution in [0, 0.1) is 122 Å². The standard InChI is InChI=1S/C20H20O2.C18H20O2.C17H17F3O.C17H20O.C16H17FO.2C16H18O/c1-4-20(22)9-5-6-16-12-15(7-8-18(16)20)17-10-13(2)19(21)14(3)11-17;1-11-8-15(9-12(2)18(11)19)13-4-6-16-14(10-13)5-7-17(16)20-3;1-4-12-5-6-13(9-15(12)17(18,19)20)14-7-10(2)16(21)11(3)8-14;1-5-14-6-7-15(8-11(14)2)16-9-12(3)17(18)13(4)10-16;1-4-12-5-6-13(9-15(12)17)14-7-10(2)16(18)11(3)8-14;1-4-13-5-7-14(8-6-13)15-9-11(2)16(17)12(3)10-15;1-4-13-6-5-7-14(10-13)15-8-11(2)16(17)12(3)9-15/h1,7-8,10-12,21-22H,5-6,9H2,2-3H3;4,6,8-10,17,19H,5,7H2,1-3H3;5-9,21H,4H2,1-3H3;6-10,18H,5H2,1-4H3;5-9,18H,4H2,1-3H3;2*5-10,17H,4H2,1-3H3. The maximum absolute atomic E-state index is 13.8. The number of terminal acetylenes is 1. The Labute approximate surface area is 785 Å². The highest BCUT2D eigenvalue weighted by atomic mass is 19.4. The summed E-state index contributed by atoms with van der Waals surface area (Å²) in [5.41, 5.74) is 36.2. The summed E-state index contributed by atoms with van der Waals surface area (Å²) in [5.74, 6) is 4.82. The van der Waals surface area contributed by atoms with Crippen LogP contribution < -0.4 is 0 Å². The zero-order chi connectivity index (χ0) is 97.4. The third-order valence-electron chi connectivity index (χ3n) is 25.6. The van der Waals surface area contributed by atoms with Gasteiger partial charge in [-0.25, -0.2) is 4.39 Å². The molecule has 0 amide bonds. The second-order valence-corrected chi connectivity index (χ2v) is 35.6. The molecule has 0 spiro atoms. The van der Waals surface area contributed by atoms with Crippen LogP contribution >= 0.6 is 0 Å². The fourth-order valence-corrected chi connectivity index (χ4v) is 17.6. The minimum absolute atomic E-state index is 0.168. The molecule has 9 nitrogen and oxygen atoms in total. The number of hydrogen-bond acceptors (Lipinski definition) is 9. The van der Waals surface area contributed by atoms with E-state index in [-0.39, 0.29) is 17.7 Å². The van der Waals surface area contributed by atoms with Gasteiger partial charge < -0.3 is 45.6 Å². The average Bonchev–Trinajstić information content (AvgIpc) is 1.71. The van der Waals surface area contributed by atoms with E-state index in [2.05, 4.69) is 125 Å². The Hall–Kier alpha value is -13.1. The Kier molecular flexibility index (Phi) is 34.4. The zero-order valence-electron chi connectivity index (χ0n) is 81.1. The van der Waals surface area contributed by atoms with Crippen LogP contribution in [0.4, 0.5) is 17.6 Å². The number of ether oxygens (including phenoxy) is 1. The van der Waals surface area contributed by atoms with Crippen molar-refractivity contribution in [2.24, 2.45) is 0 Å². The van der Waals surface area contributed by atoms with Crippen molar-refractivity contribution in [3.05, 3.63) is 369 Å². The van der Waals surface area contributed by atoms with Crippen molar-refractivity contribution in [1.82, 2.24) is 0 Å². The molecule has 16 rings (SSSR count). The first-order chi connectivity index (χ1) is 63.0. The SMILES string of the molecule is C#CC1(O)CCCc2cc(-c3cc(C)c(O)c(C)c3)ccc21.CCc1ccc(-c2cc(C)c(O)c(C)c2)cc1.CCc1ccc(-c2cc(C)c(O)c(C)c2)cc1C.CCc1ccc(-c2cc(C)c(O)c(C)c2)cc1C(F)(F)F.CCc1ccc(-c2cc(C)c(O)c(C)c2)cc1F.CCc1cccc(-c2cc(C)c(O)c(C)c2)c1.COC1CCc2cc(-c3cc(C)c(O)c(C)c3)ccc21. The second kappa shape index (κ2) is 44.9. The number of rotatable bonds is 13. The average molecular weight is 1790 g/mol. The molecule has 0 fully saturated rings. The summed E-state index contributed by atoms with van der Waals surface area (Å²) < 4.78 is 58.6. The number of methoxy groups -OCH3 is 1. The molecular weight excluding hydrogens is 1660 g/mol. The molecule has 0 saturated heterocycles. The lowest BCUT2D eigenvalue weighted by Gasteiger charge is -2.30. The topological polar surface area (TPSA) is 171 Å². The first-order valence-electron chi connectivity index (χ1n) is 46.0. The number of phenolic OH excluding ortho intramolecular Hbond substituents is 7. The number of alkyl halides is 3. The van der Waals surface area contributed by atoms with Gasteiger partial charge in [-0.1, -0.05) is 168 Å². The van der Waals surface area contributed by atoms with Gasteiger partial charge in [0.25, 0.3) is 0 Å². The first kappa shape index (κ1) is 102. The Bertz CT molecular complexity index is 6290. The highest BCUT2D eigenvalue weighted by Gasteiger charge is 2.35. The van der Waals surface area contributed by atoms with Crippen molar-refractivity contribution in [3.63, 3.8) is 0 Å². The first-order valence-corrected chi connectivity index (χ1v) is 46.0. The third-order valence-corrected chi connectivity index (χ3v) is 25.6. The van der Waals surface area contributed by atoms with E-state index in [4.69, 9.17) is 11.2 Å². The highest BCUT2D eigenvalue weighted by Crippen LogP contribution is 2.43. The summed E-state index contributed by atoms with van der Waals surface area (Å²) in [5, 5.41) is 79.2. The summed E-state index contributed by atoms with van der Waals surface area (Å²) in [4.78, 5) is 0. The number of halogens is 4. The molecule has 14 aromatic carbocycles. The maximum atomic E-state index is 13.8. The molecule has 2 atom stereocenters. The van der Waals surface area contributed by atoms with Gasteiger partial charge in [-0.2, -0.15) is 13.2 Å². The van der Waals surface area contributed by atoms with Crippen LogP contribution in [0.2, 0.25) is 0 Å². The van der Waals surface area contributed by atoms with E-state index in [1.807, 2.05) is 187 Å². The molecule has 0 saturated carbocycles. The zero-order valence-corrected chi connectivity index (χ0v) is 81.1. The smallest absolute Gasteiger partial charge is 0.416 e. The molecular formula is C120H130F4O9. The lowest BCUT2D eigenvalue weighted by Crippen LogP contribution is -2.28. The van der Waals surface area contributed by atoms with Crippen LogP contribution in [0.5, 0.6) is 40.2 Å². The van der Waals surface area contributed by atoms with Gasteiger partial charge in [0, 0.05) is 7.11 Å². The molecule has 692 valence electrons. The number of benzene rings is 14. The fraction of sp³-hybridized carbons (Fsp3) is 0.283. The molecule has 0 heterocycles. The predicted octanol–water partition coefficient (Wildman–Crippen LogP) is 30.8. The van der Waals surface area contributed by atoms with Crippen molar-refractivity contribution in [2.45, 2.75) is 221 Å². The van der Waals surface area contributed by atoms with Crippen LogP contribution in [0.25, 0.3) is 77.9 Å². The van der Waals surface area contributed by atoms with Crippen LogP contribution in [0.3, 0.4) is 0 Å². The lowest BCUT2D eigenvalue weighted by atomic mass is 9.78. The van der Waals surface area contributed by atoms with Crippen LogP contribution in [-0.4, -0.2) is 48.0 Å². The number of fused-ring (bicyclic) bond motifs is 2. The molecule has 0 aliphatic heterocycles. The minimum atomic E-state index is -4.36. The van der Waals surface area contributed by atoms with Gasteiger partial charge in [0.15, 0.2) is 5.60 Å². The summed E-state index contributed by atoms with van der Waals surface area (Å²) in [6, 6.07) is 73.6. The molecule has 2 aliphatic carbocycles. The van der Waals surface area contributed by atoms with E-state index < -0.39 is 17.3 Å². The van der Waals surface area contributed by atoms with E-state index in [9.17, 15) is 58.4 Å². The second-order valence-electron chi connectivity index (χ2n) is 35.6. The summed E-state index contributed by atoms with van der Waals surface area (Å²) in [6.45, 7) is 38.8. The number of aliphatic hydroxyl groups is 1. The largest absolute Gasteiger partial charge is 0.507 e. The Morgan fingerprint density at radius 3 is 1.00 bits per heavy atom. The normalized spacial score (nSPS) is 13.4. The van der Waals surface area contributed by atoms with Gasteiger partial charge in [-0.15, -0.1) is 6.42 Å². The van der Waals surface area contributed by atoms with E-state index in [0.29, 0.717) is 81.6 Å². The van der Waals surface area contributed by atoms with Gasteiger partial charge in [0.05, 0.1) is 11.7 Å². The van der Waals surface area contributed by atoms with Crippen LogP contribution in [0.15, 0.2) is 224 Å². The maximum Gasteiger partial charge on any atom is 0.416 e. The van der Waals surface area contributed by atoms with Gasteiger partial charge in [-0.05, 0) is 477 Å². The Balaban J connectivity index is 0.000000161. The predicted molar refractivity (Wildman–Crippen MR) is 541 cm³/mol. The van der Waals surface area contributed by atoms with Crippen molar-refractivity contribution >= 4 is 0 Å². The summed E-state index contributed by atoms with van der Waals surface area (Å²) in [7, 11) is 1.78.